The molecule has 1 rings (SSSR count). The highest BCUT2D eigenvalue weighted by molar-refractivity contribution is 5.67. The second kappa shape index (κ2) is 6.94. The molecular weight excluding hydrogens is 264 g/mol. The van der Waals surface area contributed by atoms with Gasteiger partial charge in [0.15, 0.2) is 0 Å². The normalized spacial score (nSPS) is 14.4. The molecule has 118 valence electrons. The summed E-state index contributed by atoms with van der Waals surface area (Å²) in [4.78, 5) is 11.8. The number of hydrogen-bond donors (Lipinski definition) is 2. The molecule has 0 aromatic heterocycles. The molecule has 0 saturated carbocycles. The van der Waals surface area contributed by atoms with E-state index in [-0.39, 0.29) is 5.41 Å². The van der Waals surface area contributed by atoms with Crippen molar-refractivity contribution in [3.63, 3.8) is 0 Å². The average Bonchev–Trinajstić information content (AvgIpc) is 2.43. The van der Waals surface area contributed by atoms with Crippen molar-refractivity contribution < 1.29 is 9.53 Å². The Balaban J connectivity index is 2.83. The van der Waals surface area contributed by atoms with E-state index in [1.807, 2.05) is 32.9 Å². The van der Waals surface area contributed by atoms with Crippen LogP contribution in [0.2, 0.25) is 0 Å². The Hall–Kier alpha value is -1.55. The van der Waals surface area contributed by atoms with Crippen molar-refractivity contribution >= 4 is 6.09 Å². The minimum atomic E-state index is -0.496. The summed E-state index contributed by atoms with van der Waals surface area (Å²) in [6, 6.07) is 8.23. The third-order valence-electron chi connectivity index (χ3n) is 3.52. The number of alkyl carbamates (subject to hydrolysis) is 1. The van der Waals surface area contributed by atoms with Crippen LogP contribution in [0.5, 0.6) is 0 Å². The molecule has 1 unspecified atom stereocenters. The maximum Gasteiger partial charge on any atom is 0.407 e. The highest BCUT2D eigenvalue weighted by Crippen LogP contribution is 2.26. The van der Waals surface area contributed by atoms with E-state index < -0.39 is 11.7 Å². The number of carbonyl (C=O) groups is 1. The fourth-order valence-electron chi connectivity index (χ4n) is 2.28. The Bertz CT molecular complexity index is 480. The first-order valence-corrected chi connectivity index (χ1v) is 7.47. The van der Waals surface area contributed by atoms with E-state index in [1.54, 1.807) is 0 Å². The number of amides is 1. The Morgan fingerprint density at radius 2 is 1.86 bits per heavy atom. The first-order chi connectivity index (χ1) is 9.72. The van der Waals surface area contributed by atoms with Gasteiger partial charge in [-0.25, -0.2) is 4.79 Å². The summed E-state index contributed by atoms with van der Waals surface area (Å²) >= 11 is 0. The number of nitrogens with one attached hydrogen (secondary N) is 1. The molecule has 0 bridgehead atoms. The van der Waals surface area contributed by atoms with Gasteiger partial charge in [0.2, 0.25) is 0 Å². The largest absolute Gasteiger partial charge is 0.444 e. The Labute approximate surface area is 128 Å². The summed E-state index contributed by atoms with van der Waals surface area (Å²) in [7, 11) is 0. The number of ether oxygens (including phenoxy) is 1. The van der Waals surface area contributed by atoms with Crippen LogP contribution in [-0.4, -0.2) is 24.8 Å². The molecule has 1 aromatic carbocycles. The van der Waals surface area contributed by atoms with E-state index in [9.17, 15) is 4.79 Å². The van der Waals surface area contributed by atoms with Crippen molar-refractivity contribution in [3.8, 4) is 0 Å². The molecular formula is C17H28N2O2. The quantitative estimate of drug-likeness (QED) is 0.877. The molecule has 0 spiro atoms. The summed E-state index contributed by atoms with van der Waals surface area (Å²) in [5, 5.41) is 2.84. The summed E-state index contributed by atoms with van der Waals surface area (Å²) in [6.45, 7) is 10.6. The molecule has 4 heteroatoms. The Morgan fingerprint density at radius 1 is 1.24 bits per heavy atom. The molecule has 0 aliphatic heterocycles. The lowest BCUT2D eigenvalue weighted by Crippen LogP contribution is -2.45. The first-order valence-electron chi connectivity index (χ1n) is 7.47. The zero-order chi connectivity index (χ0) is 16.1. The van der Waals surface area contributed by atoms with Crippen LogP contribution in [0.4, 0.5) is 4.79 Å². The smallest absolute Gasteiger partial charge is 0.407 e. The molecule has 1 atom stereocenters. The molecule has 1 amide bonds. The maximum absolute atomic E-state index is 11.8. The van der Waals surface area contributed by atoms with Crippen molar-refractivity contribution in [1.29, 1.82) is 0 Å². The lowest BCUT2D eigenvalue weighted by Gasteiger charge is -2.31. The molecule has 0 aliphatic rings. The van der Waals surface area contributed by atoms with Crippen LogP contribution >= 0.6 is 0 Å². The molecule has 0 fully saturated rings. The van der Waals surface area contributed by atoms with E-state index in [1.165, 1.54) is 11.1 Å². The van der Waals surface area contributed by atoms with Crippen molar-refractivity contribution in [2.75, 3.05) is 13.1 Å². The summed E-state index contributed by atoms with van der Waals surface area (Å²) < 4.78 is 5.28. The van der Waals surface area contributed by atoms with E-state index in [0.717, 1.165) is 6.42 Å². The van der Waals surface area contributed by atoms with Crippen LogP contribution in [0.15, 0.2) is 24.3 Å². The zero-order valence-electron chi connectivity index (χ0n) is 13.8. The summed E-state index contributed by atoms with van der Waals surface area (Å²) in [5.41, 5.74) is 7.63. The first kappa shape index (κ1) is 17.5. The number of rotatable bonds is 5. The monoisotopic (exact) mass is 292 g/mol. The minimum absolute atomic E-state index is 0.302. The van der Waals surface area contributed by atoms with E-state index in [4.69, 9.17) is 10.5 Å². The highest BCUT2D eigenvalue weighted by Gasteiger charge is 2.28. The van der Waals surface area contributed by atoms with Crippen molar-refractivity contribution in [2.24, 2.45) is 5.73 Å². The van der Waals surface area contributed by atoms with Gasteiger partial charge in [-0.3, -0.25) is 0 Å². The predicted molar refractivity (Wildman–Crippen MR) is 86.5 cm³/mol. The lowest BCUT2D eigenvalue weighted by atomic mass is 9.79. The number of hydrogen-bond acceptors (Lipinski definition) is 3. The second-order valence-corrected chi connectivity index (χ2v) is 6.63. The van der Waals surface area contributed by atoms with Crippen molar-refractivity contribution in [2.45, 2.75) is 52.1 Å². The number of carbonyl (C=O) groups excluding carboxylic acids is 1. The van der Waals surface area contributed by atoms with Crippen molar-refractivity contribution in [1.82, 2.24) is 5.32 Å². The average molecular weight is 292 g/mol. The zero-order valence-corrected chi connectivity index (χ0v) is 13.8. The van der Waals surface area contributed by atoms with Gasteiger partial charge in [-0.1, -0.05) is 38.1 Å². The van der Waals surface area contributed by atoms with Gasteiger partial charge in [0.1, 0.15) is 5.60 Å². The lowest BCUT2D eigenvalue weighted by molar-refractivity contribution is 0.0516. The van der Waals surface area contributed by atoms with Gasteiger partial charge in [-0.05, 0) is 38.3 Å². The molecule has 1 aromatic rings. The molecule has 3 N–H and O–H groups in total. The number of benzene rings is 1. The summed E-state index contributed by atoms with van der Waals surface area (Å²) in [5.74, 6) is 0. The molecule has 21 heavy (non-hydrogen) atoms. The third kappa shape index (κ3) is 5.05. The highest BCUT2D eigenvalue weighted by atomic mass is 16.6. The van der Waals surface area contributed by atoms with E-state index >= 15 is 0 Å². The Kier molecular flexibility index (Phi) is 5.78. The van der Waals surface area contributed by atoms with Gasteiger partial charge in [0.05, 0.1) is 0 Å². The van der Waals surface area contributed by atoms with Gasteiger partial charge < -0.3 is 15.8 Å². The fourth-order valence-corrected chi connectivity index (χ4v) is 2.28. The van der Waals surface area contributed by atoms with Crippen LogP contribution in [0.25, 0.3) is 0 Å². The topological polar surface area (TPSA) is 64.3 Å². The Morgan fingerprint density at radius 3 is 2.38 bits per heavy atom. The van der Waals surface area contributed by atoms with Crippen LogP contribution in [0, 0.1) is 0 Å². The molecule has 0 heterocycles. The molecule has 0 radical (unpaired) electrons. The van der Waals surface area contributed by atoms with Gasteiger partial charge in [0, 0.05) is 18.5 Å². The van der Waals surface area contributed by atoms with E-state index in [2.05, 4.69) is 31.3 Å². The van der Waals surface area contributed by atoms with Gasteiger partial charge in [-0.2, -0.15) is 0 Å². The van der Waals surface area contributed by atoms with Crippen LogP contribution < -0.4 is 11.1 Å². The standard InChI is InChI=1S/C17H28N2O2/c1-6-13-9-7-8-10-14(13)17(5,11-18)12-19-15(20)21-16(2,3)4/h7-10H,6,11-12,18H2,1-5H3,(H,19,20). The van der Waals surface area contributed by atoms with Gasteiger partial charge >= 0.3 is 6.09 Å². The summed E-state index contributed by atoms with van der Waals surface area (Å²) in [6.07, 6.45) is 0.536. The SMILES string of the molecule is CCc1ccccc1C(C)(CN)CNC(=O)OC(C)(C)C. The second-order valence-electron chi connectivity index (χ2n) is 6.63. The number of aryl methyl sites for hydroxylation is 1. The van der Waals surface area contributed by atoms with Crippen LogP contribution in [0.1, 0.15) is 45.7 Å². The fraction of sp³-hybridized carbons (Fsp3) is 0.588. The molecule has 0 saturated heterocycles. The van der Waals surface area contributed by atoms with Crippen LogP contribution in [-0.2, 0) is 16.6 Å². The van der Waals surface area contributed by atoms with E-state index in [0.29, 0.717) is 13.1 Å². The molecule has 4 nitrogen and oxygen atoms in total. The van der Waals surface area contributed by atoms with Gasteiger partial charge in [-0.15, -0.1) is 0 Å². The predicted octanol–water partition coefficient (Wildman–Crippen LogP) is 2.99. The third-order valence-corrected chi connectivity index (χ3v) is 3.52. The van der Waals surface area contributed by atoms with Crippen molar-refractivity contribution in [3.05, 3.63) is 35.4 Å². The van der Waals surface area contributed by atoms with Gasteiger partial charge in [0.25, 0.3) is 0 Å². The minimum Gasteiger partial charge on any atom is -0.444 e. The maximum atomic E-state index is 11.8. The molecule has 0 aliphatic carbocycles. The van der Waals surface area contributed by atoms with Crippen LogP contribution in [0.3, 0.4) is 0 Å². The number of nitrogens with two attached hydrogens (primary N) is 1.